The summed E-state index contributed by atoms with van der Waals surface area (Å²) in [4.78, 5) is 23.4. The van der Waals surface area contributed by atoms with Crippen LogP contribution in [0, 0.1) is 0 Å². The Kier molecular flexibility index (Phi) is 5.38. The molecule has 2 heterocycles. The van der Waals surface area contributed by atoms with Crippen LogP contribution in [-0.4, -0.2) is 64.6 Å². The second kappa shape index (κ2) is 7.26. The van der Waals surface area contributed by atoms with E-state index in [0.29, 0.717) is 18.9 Å². The van der Waals surface area contributed by atoms with E-state index >= 15 is 0 Å². The zero-order valence-corrected chi connectivity index (χ0v) is 11.5. The minimum atomic E-state index is -2.62. The third-order valence-corrected chi connectivity index (χ3v) is 3.39. The van der Waals surface area contributed by atoms with Gasteiger partial charge in [-0.1, -0.05) is 0 Å². The van der Waals surface area contributed by atoms with Crippen molar-refractivity contribution >= 4 is 11.9 Å². The van der Waals surface area contributed by atoms with Gasteiger partial charge in [0.2, 0.25) is 11.9 Å². The number of nitrogens with zero attached hydrogens (tertiary/aromatic N) is 4. The van der Waals surface area contributed by atoms with Gasteiger partial charge in [0.15, 0.2) is 0 Å². The summed E-state index contributed by atoms with van der Waals surface area (Å²) in [6.45, 7) is -0.488. The van der Waals surface area contributed by atoms with Crippen LogP contribution in [0.4, 0.5) is 14.7 Å². The van der Waals surface area contributed by atoms with E-state index in [-0.39, 0.29) is 13.2 Å². The molecule has 1 unspecified atom stereocenters. The summed E-state index contributed by atoms with van der Waals surface area (Å²) in [7, 11) is 0. The highest BCUT2D eigenvalue weighted by atomic mass is 19.3. The quantitative estimate of drug-likeness (QED) is 0.830. The van der Waals surface area contributed by atoms with Crippen molar-refractivity contribution in [2.24, 2.45) is 0 Å². The second-order valence-corrected chi connectivity index (χ2v) is 4.80. The van der Waals surface area contributed by atoms with Crippen LogP contribution in [0.15, 0.2) is 18.5 Å². The lowest BCUT2D eigenvalue weighted by molar-refractivity contribution is -0.135. The number of carbonyl (C=O) groups excluding carboxylic acids is 1. The van der Waals surface area contributed by atoms with Crippen molar-refractivity contribution in [2.45, 2.75) is 25.3 Å². The van der Waals surface area contributed by atoms with Gasteiger partial charge in [-0.05, 0) is 18.9 Å². The van der Waals surface area contributed by atoms with Gasteiger partial charge in [0, 0.05) is 25.5 Å². The molecule has 0 radical (unpaired) electrons. The molecular weight excluding hydrogens is 282 g/mol. The number of hydrogen-bond donors (Lipinski definition) is 1. The summed E-state index contributed by atoms with van der Waals surface area (Å²) in [5.41, 5.74) is 0. The third-order valence-electron chi connectivity index (χ3n) is 3.39. The van der Waals surface area contributed by atoms with E-state index < -0.39 is 24.9 Å². The first-order valence-corrected chi connectivity index (χ1v) is 6.85. The van der Waals surface area contributed by atoms with Gasteiger partial charge in [-0.3, -0.25) is 4.79 Å². The molecule has 0 aliphatic carbocycles. The number of aliphatic hydroxyl groups is 1. The molecular formula is C13H18F2N4O2. The van der Waals surface area contributed by atoms with E-state index in [2.05, 4.69) is 9.97 Å². The van der Waals surface area contributed by atoms with Crippen LogP contribution < -0.4 is 4.90 Å². The molecule has 116 valence electrons. The Morgan fingerprint density at radius 2 is 2.19 bits per heavy atom. The fourth-order valence-corrected chi connectivity index (χ4v) is 2.49. The molecule has 1 aromatic heterocycles. The van der Waals surface area contributed by atoms with Crippen molar-refractivity contribution < 1.29 is 18.7 Å². The first kappa shape index (κ1) is 15.6. The van der Waals surface area contributed by atoms with Crippen LogP contribution in [-0.2, 0) is 4.79 Å². The molecule has 1 aromatic rings. The Labute approximate surface area is 121 Å². The van der Waals surface area contributed by atoms with Crippen LogP contribution in [0.3, 0.4) is 0 Å². The minimum Gasteiger partial charge on any atom is -0.395 e. The lowest BCUT2D eigenvalue weighted by atomic mass is 10.2. The van der Waals surface area contributed by atoms with E-state index in [0.717, 1.165) is 11.3 Å². The van der Waals surface area contributed by atoms with Gasteiger partial charge in [-0.2, -0.15) is 0 Å². The first-order chi connectivity index (χ1) is 10.1. The maximum atomic E-state index is 12.6. The smallest absolute Gasteiger partial charge is 0.255 e. The average molecular weight is 300 g/mol. The van der Waals surface area contributed by atoms with E-state index in [9.17, 15) is 13.6 Å². The number of aromatic nitrogens is 2. The number of rotatable bonds is 6. The predicted molar refractivity (Wildman–Crippen MR) is 72.1 cm³/mol. The number of hydrogen-bond acceptors (Lipinski definition) is 5. The SMILES string of the molecule is O=C(C1CCCN1c1ncccn1)N(CCO)CC(F)F. The Morgan fingerprint density at radius 3 is 2.81 bits per heavy atom. The molecule has 8 heteroatoms. The molecule has 0 bridgehead atoms. The van der Waals surface area contributed by atoms with Gasteiger partial charge in [-0.15, -0.1) is 0 Å². The van der Waals surface area contributed by atoms with Gasteiger partial charge in [0.05, 0.1) is 13.2 Å². The molecule has 1 amide bonds. The molecule has 6 nitrogen and oxygen atoms in total. The maximum absolute atomic E-state index is 12.6. The Morgan fingerprint density at radius 1 is 1.48 bits per heavy atom. The molecule has 1 aliphatic rings. The van der Waals surface area contributed by atoms with Crippen LogP contribution in [0.2, 0.25) is 0 Å². The van der Waals surface area contributed by atoms with E-state index in [1.165, 1.54) is 0 Å². The minimum absolute atomic E-state index is 0.0941. The molecule has 1 aliphatic heterocycles. The van der Waals surface area contributed by atoms with Crippen LogP contribution in [0.1, 0.15) is 12.8 Å². The van der Waals surface area contributed by atoms with E-state index in [1.807, 2.05) is 0 Å². The van der Waals surface area contributed by atoms with Crippen LogP contribution in [0.25, 0.3) is 0 Å². The standard InChI is InChI=1S/C13H18F2N4O2/c14-11(15)9-18(7-8-20)12(21)10-3-1-6-19(10)13-16-4-2-5-17-13/h2,4-5,10-11,20H,1,3,6-9H2. The van der Waals surface area contributed by atoms with Gasteiger partial charge in [0.1, 0.15) is 6.04 Å². The molecule has 1 saturated heterocycles. The lowest BCUT2D eigenvalue weighted by Crippen LogP contribution is -2.48. The summed E-state index contributed by atoms with van der Waals surface area (Å²) >= 11 is 0. The number of anilines is 1. The molecule has 1 atom stereocenters. The molecule has 0 spiro atoms. The summed E-state index contributed by atoms with van der Waals surface area (Å²) in [5, 5.41) is 8.95. The van der Waals surface area contributed by atoms with Gasteiger partial charge < -0.3 is 14.9 Å². The number of amides is 1. The molecule has 1 fully saturated rings. The topological polar surface area (TPSA) is 69.6 Å². The highest BCUT2D eigenvalue weighted by Crippen LogP contribution is 2.23. The van der Waals surface area contributed by atoms with Crippen molar-refractivity contribution in [3.8, 4) is 0 Å². The molecule has 0 aromatic carbocycles. The molecule has 21 heavy (non-hydrogen) atoms. The van der Waals surface area contributed by atoms with Crippen molar-refractivity contribution in [1.29, 1.82) is 0 Å². The highest BCUT2D eigenvalue weighted by Gasteiger charge is 2.35. The fraction of sp³-hybridized carbons (Fsp3) is 0.615. The second-order valence-electron chi connectivity index (χ2n) is 4.80. The van der Waals surface area contributed by atoms with Gasteiger partial charge in [0.25, 0.3) is 6.43 Å². The average Bonchev–Trinajstić information content (AvgIpc) is 2.96. The number of alkyl halides is 2. The molecule has 1 N–H and O–H groups in total. The summed E-state index contributed by atoms with van der Waals surface area (Å²) in [6.07, 6.45) is 1.88. The lowest BCUT2D eigenvalue weighted by Gasteiger charge is -2.29. The zero-order valence-electron chi connectivity index (χ0n) is 11.5. The normalized spacial score (nSPS) is 18.3. The van der Waals surface area contributed by atoms with Gasteiger partial charge >= 0.3 is 0 Å². The fourth-order valence-electron chi connectivity index (χ4n) is 2.49. The Balaban J connectivity index is 2.12. The van der Waals surface area contributed by atoms with Crippen LogP contribution >= 0.6 is 0 Å². The largest absolute Gasteiger partial charge is 0.395 e. The van der Waals surface area contributed by atoms with Crippen molar-refractivity contribution in [3.63, 3.8) is 0 Å². The third kappa shape index (κ3) is 3.84. The monoisotopic (exact) mass is 300 g/mol. The molecule has 2 rings (SSSR count). The Hall–Kier alpha value is -1.83. The number of carbonyl (C=O) groups is 1. The summed E-state index contributed by atoms with van der Waals surface area (Å²) in [6, 6.07) is 1.13. The summed E-state index contributed by atoms with van der Waals surface area (Å²) in [5.74, 6) is 0.0173. The zero-order chi connectivity index (χ0) is 15.2. The van der Waals surface area contributed by atoms with Crippen molar-refractivity contribution in [3.05, 3.63) is 18.5 Å². The first-order valence-electron chi connectivity index (χ1n) is 6.85. The highest BCUT2D eigenvalue weighted by molar-refractivity contribution is 5.85. The number of aliphatic hydroxyl groups excluding tert-OH is 1. The van der Waals surface area contributed by atoms with E-state index in [1.54, 1.807) is 23.4 Å². The van der Waals surface area contributed by atoms with Crippen molar-refractivity contribution in [1.82, 2.24) is 14.9 Å². The number of halogens is 2. The summed E-state index contributed by atoms with van der Waals surface area (Å²) < 4.78 is 25.1. The predicted octanol–water partition coefficient (Wildman–Crippen LogP) is 0.531. The van der Waals surface area contributed by atoms with Crippen LogP contribution in [0.5, 0.6) is 0 Å². The molecule has 0 saturated carbocycles. The maximum Gasteiger partial charge on any atom is 0.255 e. The van der Waals surface area contributed by atoms with Crippen molar-refractivity contribution in [2.75, 3.05) is 31.1 Å². The Bertz CT molecular complexity index is 461. The van der Waals surface area contributed by atoms with E-state index in [4.69, 9.17) is 5.11 Å². The van der Waals surface area contributed by atoms with Gasteiger partial charge in [-0.25, -0.2) is 18.7 Å².